The molecular weight excluding hydrogens is 362 g/mol. The number of sulfone groups is 1. The number of aromatic nitrogens is 1. The maximum Gasteiger partial charge on any atom is 0.244 e. The zero-order valence-corrected chi connectivity index (χ0v) is 15.4. The number of aromatic amines is 1. The van der Waals surface area contributed by atoms with Crippen molar-refractivity contribution < 1.29 is 13.2 Å². The molecule has 1 aliphatic heterocycles. The van der Waals surface area contributed by atoms with Crippen LogP contribution >= 0.6 is 0 Å². The molecule has 7 heteroatoms. The minimum atomic E-state index is -3.10. The Bertz CT molecular complexity index is 1120. The molecule has 4 rings (SSSR count). The van der Waals surface area contributed by atoms with E-state index in [1.807, 2.05) is 54.6 Å². The van der Waals surface area contributed by atoms with Crippen molar-refractivity contribution >= 4 is 32.9 Å². The molecule has 1 aliphatic rings. The van der Waals surface area contributed by atoms with Crippen LogP contribution in [0.3, 0.4) is 0 Å². The zero-order valence-electron chi connectivity index (χ0n) is 14.6. The van der Waals surface area contributed by atoms with Gasteiger partial charge in [-0.25, -0.2) is 13.8 Å². The van der Waals surface area contributed by atoms with Crippen molar-refractivity contribution in [1.82, 2.24) is 10.4 Å². The monoisotopic (exact) mass is 381 g/mol. The number of fused-ring (bicyclic) bond motifs is 1. The lowest BCUT2D eigenvalue weighted by molar-refractivity contribution is -0.124. The van der Waals surface area contributed by atoms with Crippen LogP contribution in [-0.2, 0) is 14.6 Å². The number of nitrogens with zero attached hydrogens (tertiary/aromatic N) is 1. The lowest BCUT2D eigenvalue weighted by atomic mass is 10.1. The summed E-state index contributed by atoms with van der Waals surface area (Å²) in [7, 11) is -3.10. The lowest BCUT2D eigenvalue weighted by Gasteiger charge is -2.05. The van der Waals surface area contributed by atoms with Gasteiger partial charge < -0.3 is 4.98 Å². The third-order valence-corrected chi connectivity index (χ3v) is 6.55. The van der Waals surface area contributed by atoms with Gasteiger partial charge >= 0.3 is 0 Å². The predicted octanol–water partition coefficient (Wildman–Crippen LogP) is 2.72. The summed E-state index contributed by atoms with van der Waals surface area (Å²) < 4.78 is 23.1. The van der Waals surface area contributed by atoms with E-state index < -0.39 is 15.8 Å². The van der Waals surface area contributed by atoms with Crippen LogP contribution in [0.1, 0.15) is 12.0 Å². The van der Waals surface area contributed by atoms with Gasteiger partial charge in [-0.05, 0) is 18.1 Å². The highest BCUT2D eigenvalue weighted by Gasteiger charge is 2.32. The molecule has 0 aliphatic carbocycles. The molecule has 138 valence electrons. The van der Waals surface area contributed by atoms with Gasteiger partial charge in [0.05, 0.1) is 29.3 Å². The summed E-state index contributed by atoms with van der Waals surface area (Å²) in [6.45, 7) is 0. The minimum Gasteiger partial charge on any atom is -0.354 e. The molecule has 1 aromatic heterocycles. The van der Waals surface area contributed by atoms with E-state index in [2.05, 4.69) is 15.5 Å². The quantitative estimate of drug-likeness (QED) is 0.538. The zero-order chi connectivity index (χ0) is 18.9. The second-order valence-electron chi connectivity index (χ2n) is 6.66. The second kappa shape index (κ2) is 7.00. The fourth-order valence-corrected chi connectivity index (χ4v) is 5.13. The van der Waals surface area contributed by atoms with Crippen molar-refractivity contribution in [3.05, 3.63) is 60.2 Å². The highest BCUT2D eigenvalue weighted by atomic mass is 32.2. The standard InChI is InChI=1S/C20H19N3O3S/c24-20(15-10-11-27(25,26)13-15)23-21-12-17-16-8-4-5-9-18(16)22-19(17)14-6-2-1-3-7-14/h1-9,12,15,22H,10-11,13H2,(H,23,24)/b21-12+/t15-/m1/s1. The summed E-state index contributed by atoms with van der Waals surface area (Å²) in [5, 5.41) is 5.10. The van der Waals surface area contributed by atoms with Crippen molar-refractivity contribution in [1.29, 1.82) is 0 Å². The van der Waals surface area contributed by atoms with Crippen molar-refractivity contribution in [2.45, 2.75) is 6.42 Å². The topological polar surface area (TPSA) is 91.4 Å². The first-order valence-corrected chi connectivity index (χ1v) is 10.5. The highest BCUT2D eigenvalue weighted by Crippen LogP contribution is 2.29. The Morgan fingerprint density at radius 3 is 2.59 bits per heavy atom. The van der Waals surface area contributed by atoms with Crippen molar-refractivity contribution in [3.63, 3.8) is 0 Å². The molecule has 6 nitrogen and oxygen atoms in total. The normalized spacial score (nSPS) is 18.9. The number of hydrazone groups is 1. The number of carbonyl (C=O) groups excluding carboxylic acids is 1. The van der Waals surface area contributed by atoms with Gasteiger partial charge in [0.25, 0.3) is 0 Å². The number of para-hydroxylation sites is 1. The van der Waals surface area contributed by atoms with Crippen LogP contribution in [0.2, 0.25) is 0 Å². The van der Waals surface area contributed by atoms with Gasteiger partial charge in [0.2, 0.25) is 5.91 Å². The number of rotatable bonds is 4. The molecule has 1 atom stereocenters. The summed E-state index contributed by atoms with van der Waals surface area (Å²) in [6.07, 6.45) is 1.97. The van der Waals surface area contributed by atoms with Gasteiger partial charge in [0.1, 0.15) is 0 Å². The third-order valence-electron chi connectivity index (χ3n) is 4.78. The summed E-state index contributed by atoms with van der Waals surface area (Å²) in [4.78, 5) is 15.6. The number of H-pyrrole nitrogens is 1. The molecule has 0 radical (unpaired) electrons. The maximum atomic E-state index is 12.2. The molecule has 3 aromatic rings. The minimum absolute atomic E-state index is 0.0649. The van der Waals surface area contributed by atoms with E-state index >= 15 is 0 Å². The molecule has 2 aromatic carbocycles. The smallest absolute Gasteiger partial charge is 0.244 e. The first-order chi connectivity index (χ1) is 13.0. The predicted molar refractivity (Wildman–Crippen MR) is 106 cm³/mol. The Morgan fingerprint density at radius 1 is 1.11 bits per heavy atom. The molecule has 1 amide bonds. The Labute approximate surface area is 157 Å². The largest absolute Gasteiger partial charge is 0.354 e. The van der Waals surface area contributed by atoms with E-state index in [1.165, 1.54) is 0 Å². The Balaban J connectivity index is 1.61. The summed E-state index contributed by atoms with van der Waals surface area (Å²) in [5.74, 6) is -0.913. The Hall–Kier alpha value is -2.93. The lowest BCUT2D eigenvalue weighted by Crippen LogP contribution is -2.27. The molecule has 0 spiro atoms. The average Bonchev–Trinajstić information content (AvgIpc) is 3.23. The summed E-state index contributed by atoms with van der Waals surface area (Å²) >= 11 is 0. The van der Waals surface area contributed by atoms with E-state index in [0.29, 0.717) is 6.42 Å². The third kappa shape index (κ3) is 3.64. The molecule has 0 bridgehead atoms. The fraction of sp³-hybridized carbons (Fsp3) is 0.200. The average molecular weight is 381 g/mol. The van der Waals surface area contributed by atoms with Crippen molar-refractivity contribution in [2.75, 3.05) is 11.5 Å². The molecule has 1 fully saturated rings. The number of carbonyl (C=O) groups is 1. The molecule has 1 saturated heterocycles. The van der Waals surface area contributed by atoms with Crippen molar-refractivity contribution in [3.8, 4) is 11.3 Å². The van der Waals surface area contributed by atoms with E-state index in [1.54, 1.807) is 6.21 Å². The molecule has 0 unspecified atom stereocenters. The maximum absolute atomic E-state index is 12.2. The molecular formula is C20H19N3O3S. The number of benzene rings is 2. The van der Waals surface area contributed by atoms with Crippen LogP contribution in [-0.4, -0.2) is 37.0 Å². The van der Waals surface area contributed by atoms with E-state index in [-0.39, 0.29) is 17.4 Å². The summed E-state index contributed by atoms with van der Waals surface area (Å²) in [5.41, 5.74) is 6.28. The molecule has 27 heavy (non-hydrogen) atoms. The van der Waals surface area contributed by atoms with Gasteiger partial charge in [-0.3, -0.25) is 4.79 Å². The van der Waals surface area contributed by atoms with Gasteiger partial charge in [0, 0.05) is 16.5 Å². The number of hydrogen-bond donors (Lipinski definition) is 2. The Kier molecular flexibility index (Phi) is 4.53. The van der Waals surface area contributed by atoms with E-state index in [0.717, 1.165) is 27.7 Å². The first kappa shape index (κ1) is 17.5. The van der Waals surface area contributed by atoms with Crippen LogP contribution < -0.4 is 5.43 Å². The van der Waals surface area contributed by atoms with Crippen molar-refractivity contribution in [2.24, 2.45) is 11.0 Å². The second-order valence-corrected chi connectivity index (χ2v) is 8.89. The van der Waals surface area contributed by atoms with Crippen LogP contribution in [0.15, 0.2) is 59.7 Å². The highest BCUT2D eigenvalue weighted by molar-refractivity contribution is 7.91. The van der Waals surface area contributed by atoms with Crippen LogP contribution in [0, 0.1) is 5.92 Å². The van der Waals surface area contributed by atoms with Gasteiger partial charge in [-0.2, -0.15) is 5.10 Å². The van der Waals surface area contributed by atoms with Gasteiger partial charge in [-0.1, -0.05) is 48.5 Å². The molecule has 2 N–H and O–H groups in total. The molecule has 0 saturated carbocycles. The van der Waals surface area contributed by atoms with Crippen LogP contribution in [0.25, 0.3) is 22.2 Å². The van der Waals surface area contributed by atoms with E-state index in [9.17, 15) is 13.2 Å². The Morgan fingerprint density at radius 2 is 1.85 bits per heavy atom. The number of amides is 1. The SMILES string of the molecule is O=C(N/N=C/c1c(-c2ccccc2)[nH]c2ccccc12)[C@@H]1CCS(=O)(=O)C1. The number of hydrogen-bond acceptors (Lipinski definition) is 4. The molecule has 2 heterocycles. The first-order valence-electron chi connectivity index (χ1n) is 8.73. The van der Waals surface area contributed by atoms with E-state index in [4.69, 9.17) is 0 Å². The fourth-order valence-electron chi connectivity index (χ4n) is 3.38. The van der Waals surface area contributed by atoms with Gasteiger partial charge in [-0.15, -0.1) is 0 Å². The van der Waals surface area contributed by atoms with Crippen LogP contribution in [0.5, 0.6) is 0 Å². The van der Waals surface area contributed by atoms with Crippen LogP contribution in [0.4, 0.5) is 0 Å². The summed E-state index contributed by atoms with van der Waals surface area (Å²) in [6, 6.07) is 17.8. The number of nitrogens with one attached hydrogen (secondary N) is 2. The van der Waals surface area contributed by atoms with Gasteiger partial charge in [0.15, 0.2) is 9.84 Å².